The van der Waals surface area contributed by atoms with Crippen LogP contribution < -0.4 is 5.73 Å². The van der Waals surface area contributed by atoms with Crippen LogP contribution in [0.1, 0.15) is 26.7 Å². The van der Waals surface area contributed by atoms with Crippen molar-refractivity contribution < 1.29 is 4.79 Å². The van der Waals surface area contributed by atoms with Gasteiger partial charge in [0.2, 0.25) is 5.91 Å². The SMILES string of the molecule is CCCC(C)(N)C(=O)N1CC(SC)C(N(C)C)C1. The van der Waals surface area contributed by atoms with Crippen LogP contribution in [-0.4, -0.2) is 66.0 Å². The van der Waals surface area contributed by atoms with Gasteiger partial charge in [0.25, 0.3) is 0 Å². The molecule has 106 valence electrons. The standard InChI is InChI=1S/C13H27N3OS/c1-6-7-13(2,14)12(17)16-8-10(15(3)4)11(9-16)18-5/h10-11H,6-9,14H2,1-5H3. The summed E-state index contributed by atoms with van der Waals surface area (Å²) in [5, 5.41) is 0.487. The fourth-order valence-corrected chi connectivity index (χ4v) is 3.61. The first kappa shape index (κ1) is 15.8. The van der Waals surface area contributed by atoms with Crippen molar-refractivity contribution in [3.8, 4) is 0 Å². The highest BCUT2D eigenvalue weighted by Crippen LogP contribution is 2.26. The minimum absolute atomic E-state index is 0.104. The lowest BCUT2D eigenvalue weighted by Crippen LogP contribution is -2.53. The number of amides is 1. The Morgan fingerprint density at radius 2 is 2.11 bits per heavy atom. The molecule has 1 rings (SSSR count). The second-order valence-corrected chi connectivity index (χ2v) is 6.76. The third-order valence-corrected chi connectivity index (χ3v) is 4.82. The molecule has 1 aliphatic rings. The van der Waals surface area contributed by atoms with Crippen LogP contribution in [0.25, 0.3) is 0 Å². The summed E-state index contributed by atoms with van der Waals surface area (Å²) in [7, 11) is 4.16. The van der Waals surface area contributed by atoms with Crippen LogP contribution in [0.3, 0.4) is 0 Å². The van der Waals surface area contributed by atoms with Gasteiger partial charge in [-0.2, -0.15) is 11.8 Å². The van der Waals surface area contributed by atoms with E-state index in [0.29, 0.717) is 11.3 Å². The second kappa shape index (κ2) is 6.26. The molecule has 1 aliphatic heterocycles. The van der Waals surface area contributed by atoms with Crippen molar-refractivity contribution in [2.75, 3.05) is 33.4 Å². The summed E-state index contributed by atoms with van der Waals surface area (Å²) in [6.07, 6.45) is 3.80. The summed E-state index contributed by atoms with van der Waals surface area (Å²) in [6, 6.07) is 0.432. The molecule has 0 radical (unpaired) electrons. The smallest absolute Gasteiger partial charge is 0.242 e. The number of nitrogens with two attached hydrogens (primary N) is 1. The zero-order valence-electron chi connectivity index (χ0n) is 12.3. The Balaban J connectivity index is 2.72. The van der Waals surface area contributed by atoms with E-state index < -0.39 is 5.54 Å². The molecule has 1 amide bonds. The molecule has 0 aromatic heterocycles. The van der Waals surface area contributed by atoms with Gasteiger partial charge in [-0.15, -0.1) is 0 Å². The van der Waals surface area contributed by atoms with Crippen LogP contribution >= 0.6 is 11.8 Å². The predicted octanol–water partition coefficient (Wildman–Crippen LogP) is 1.01. The van der Waals surface area contributed by atoms with Gasteiger partial charge in [-0.25, -0.2) is 0 Å². The first-order valence-electron chi connectivity index (χ1n) is 6.61. The average Bonchev–Trinajstić information content (AvgIpc) is 2.71. The minimum atomic E-state index is -0.709. The number of nitrogens with zero attached hydrogens (tertiary/aromatic N) is 2. The maximum absolute atomic E-state index is 12.5. The van der Waals surface area contributed by atoms with Crippen molar-refractivity contribution in [2.24, 2.45) is 5.73 Å². The Bertz CT molecular complexity index is 294. The highest BCUT2D eigenvalue weighted by atomic mass is 32.2. The zero-order valence-corrected chi connectivity index (χ0v) is 13.1. The van der Waals surface area contributed by atoms with E-state index >= 15 is 0 Å². The van der Waals surface area contributed by atoms with Crippen LogP contribution in [0.15, 0.2) is 0 Å². The van der Waals surface area contributed by atoms with Gasteiger partial charge in [-0.1, -0.05) is 13.3 Å². The lowest BCUT2D eigenvalue weighted by Gasteiger charge is -2.29. The van der Waals surface area contributed by atoms with Gasteiger partial charge in [-0.3, -0.25) is 4.79 Å². The molecule has 0 aliphatic carbocycles. The zero-order chi connectivity index (χ0) is 13.9. The molecule has 5 heteroatoms. The summed E-state index contributed by atoms with van der Waals surface area (Å²) >= 11 is 1.84. The fraction of sp³-hybridized carbons (Fsp3) is 0.923. The molecule has 18 heavy (non-hydrogen) atoms. The number of carbonyl (C=O) groups excluding carboxylic acids is 1. The van der Waals surface area contributed by atoms with Gasteiger partial charge in [-0.05, 0) is 33.7 Å². The van der Waals surface area contributed by atoms with Gasteiger partial charge >= 0.3 is 0 Å². The highest BCUT2D eigenvalue weighted by Gasteiger charge is 2.40. The molecule has 0 spiro atoms. The number of hydrogen-bond donors (Lipinski definition) is 1. The summed E-state index contributed by atoms with van der Waals surface area (Å²) in [6.45, 7) is 5.54. The molecule has 2 N–H and O–H groups in total. The van der Waals surface area contributed by atoms with Crippen LogP contribution in [0.2, 0.25) is 0 Å². The molecule has 3 unspecified atom stereocenters. The molecule has 0 aromatic rings. The van der Waals surface area contributed by atoms with Gasteiger partial charge in [0.15, 0.2) is 0 Å². The van der Waals surface area contributed by atoms with E-state index in [1.807, 2.05) is 23.6 Å². The van der Waals surface area contributed by atoms with Crippen LogP contribution in [0.5, 0.6) is 0 Å². The summed E-state index contributed by atoms with van der Waals surface area (Å²) in [5.74, 6) is 0.104. The summed E-state index contributed by atoms with van der Waals surface area (Å²) < 4.78 is 0. The molecule has 0 saturated carbocycles. The molecule has 1 fully saturated rings. The minimum Gasteiger partial charge on any atom is -0.338 e. The van der Waals surface area contributed by atoms with E-state index in [1.54, 1.807) is 0 Å². The third kappa shape index (κ3) is 3.39. The fourth-order valence-electron chi connectivity index (χ4n) is 2.64. The Morgan fingerprint density at radius 1 is 1.50 bits per heavy atom. The third-order valence-electron chi connectivity index (χ3n) is 3.75. The molecule has 3 atom stereocenters. The van der Waals surface area contributed by atoms with Crippen molar-refractivity contribution in [1.82, 2.24) is 9.80 Å². The molecule has 4 nitrogen and oxygen atoms in total. The Kier molecular flexibility index (Phi) is 5.49. The lowest BCUT2D eigenvalue weighted by atomic mass is 9.96. The topological polar surface area (TPSA) is 49.6 Å². The van der Waals surface area contributed by atoms with E-state index in [2.05, 4.69) is 32.2 Å². The quantitative estimate of drug-likeness (QED) is 0.812. The molecular formula is C13H27N3OS. The van der Waals surface area contributed by atoms with Gasteiger partial charge in [0.05, 0.1) is 5.54 Å². The van der Waals surface area contributed by atoms with Crippen LogP contribution in [0, 0.1) is 0 Å². The number of hydrogen-bond acceptors (Lipinski definition) is 4. The number of carbonyl (C=O) groups is 1. The van der Waals surface area contributed by atoms with Crippen molar-refractivity contribution in [3.05, 3.63) is 0 Å². The van der Waals surface area contributed by atoms with E-state index in [9.17, 15) is 4.79 Å². The Morgan fingerprint density at radius 3 is 2.50 bits per heavy atom. The molecule has 0 bridgehead atoms. The van der Waals surface area contributed by atoms with E-state index in [0.717, 1.165) is 25.9 Å². The van der Waals surface area contributed by atoms with E-state index in [4.69, 9.17) is 5.73 Å². The molecule has 1 heterocycles. The maximum atomic E-state index is 12.5. The van der Waals surface area contributed by atoms with E-state index in [1.165, 1.54) is 0 Å². The van der Waals surface area contributed by atoms with Gasteiger partial charge in [0, 0.05) is 24.4 Å². The van der Waals surface area contributed by atoms with Crippen molar-refractivity contribution in [2.45, 2.75) is 43.5 Å². The van der Waals surface area contributed by atoms with Crippen molar-refractivity contribution in [3.63, 3.8) is 0 Å². The monoisotopic (exact) mass is 273 g/mol. The van der Waals surface area contributed by atoms with Gasteiger partial charge < -0.3 is 15.5 Å². The normalized spacial score (nSPS) is 27.6. The first-order valence-corrected chi connectivity index (χ1v) is 7.89. The second-order valence-electron chi connectivity index (χ2n) is 5.68. The largest absolute Gasteiger partial charge is 0.338 e. The summed E-state index contributed by atoms with van der Waals surface area (Å²) in [5.41, 5.74) is 5.44. The van der Waals surface area contributed by atoms with Gasteiger partial charge in [0.1, 0.15) is 0 Å². The number of thioether (sulfide) groups is 1. The van der Waals surface area contributed by atoms with Crippen LogP contribution in [0.4, 0.5) is 0 Å². The molecule has 1 saturated heterocycles. The highest BCUT2D eigenvalue weighted by molar-refractivity contribution is 7.99. The van der Waals surface area contributed by atoms with Crippen molar-refractivity contribution in [1.29, 1.82) is 0 Å². The molecule has 0 aromatic carbocycles. The number of rotatable bonds is 5. The Labute approximate surface area is 115 Å². The van der Waals surface area contributed by atoms with Crippen LogP contribution in [-0.2, 0) is 4.79 Å². The predicted molar refractivity (Wildman–Crippen MR) is 78.9 cm³/mol. The van der Waals surface area contributed by atoms with E-state index in [-0.39, 0.29) is 5.91 Å². The number of likely N-dealkylation sites (N-methyl/N-ethyl adjacent to an activating group) is 1. The lowest BCUT2D eigenvalue weighted by molar-refractivity contribution is -0.135. The maximum Gasteiger partial charge on any atom is 0.242 e. The Hall–Kier alpha value is -0.260. The average molecular weight is 273 g/mol. The van der Waals surface area contributed by atoms with Crippen molar-refractivity contribution >= 4 is 17.7 Å². The number of likely N-dealkylation sites (tertiary alicyclic amines) is 1. The first-order chi connectivity index (χ1) is 8.33. The summed E-state index contributed by atoms with van der Waals surface area (Å²) in [4.78, 5) is 16.6. The molecular weight excluding hydrogens is 246 g/mol.